The molecule has 2 saturated carbocycles. The van der Waals surface area contributed by atoms with Crippen LogP contribution in [0.15, 0.2) is 0 Å². The van der Waals surface area contributed by atoms with Gasteiger partial charge in [-0.05, 0) is 37.5 Å². The second-order valence-corrected chi connectivity index (χ2v) is 5.44. The average Bonchev–Trinajstić information content (AvgIpc) is 2.99. The van der Waals surface area contributed by atoms with E-state index in [0.29, 0.717) is 5.41 Å². The predicted octanol–water partition coefficient (Wildman–Crippen LogP) is 2.38. The van der Waals surface area contributed by atoms with Crippen LogP contribution in [0.25, 0.3) is 0 Å². The highest BCUT2D eigenvalue weighted by atomic mass is 16.2. The quantitative estimate of drug-likeness (QED) is 0.790. The van der Waals surface area contributed by atoms with Crippen LogP contribution in [0.5, 0.6) is 0 Å². The Morgan fingerprint density at radius 3 is 2.38 bits per heavy atom. The molecule has 0 spiro atoms. The molecular weight excluding hydrogens is 200 g/mol. The van der Waals surface area contributed by atoms with E-state index in [1.165, 1.54) is 25.7 Å². The van der Waals surface area contributed by atoms with Crippen LogP contribution in [0, 0.1) is 22.2 Å². The predicted molar refractivity (Wildman–Crippen MR) is 61.5 cm³/mol. The van der Waals surface area contributed by atoms with Crippen molar-refractivity contribution in [2.45, 2.75) is 51.9 Å². The molecule has 2 aliphatic carbocycles. The number of carbonyl (C=O) groups excluding carboxylic acids is 1. The van der Waals surface area contributed by atoms with E-state index in [9.17, 15) is 4.79 Å². The summed E-state index contributed by atoms with van der Waals surface area (Å²) in [6.07, 6.45) is 7.64. The van der Waals surface area contributed by atoms with E-state index in [0.717, 1.165) is 25.8 Å². The molecule has 1 N–H and O–H groups in total. The van der Waals surface area contributed by atoms with Crippen molar-refractivity contribution >= 4 is 5.91 Å². The lowest BCUT2D eigenvalue weighted by molar-refractivity contribution is -0.125. The molecule has 2 fully saturated rings. The lowest BCUT2D eigenvalue weighted by atomic mass is 9.83. The first kappa shape index (κ1) is 11.4. The number of hydrogen-bond donors (Lipinski definition) is 1. The maximum Gasteiger partial charge on any atom is 0.240 e. The summed E-state index contributed by atoms with van der Waals surface area (Å²) in [6, 6.07) is 2.15. The molecule has 1 amide bonds. The maximum atomic E-state index is 11.8. The van der Waals surface area contributed by atoms with Gasteiger partial charge in [0.2, 0.25) is 5.91 Å². The Labute approximate surface area is 97.2 Å². The molecule has 0 heterocycles. The molecule has 0 saturated heterocycles. The molecule has 0 aromatic rings. The van der Waals surface area contributed by atoms with E-state index in [-0.39, 0.29) is 5.91 Å². The summed E-state index contributed by atoms with van der Waals surface area (Å²) >= 11 is 0. The van der Waals surface area contributed by atoms with Crippen LogP contribution in [-0.2, 0) is 4.79 Å². The molecule has 0 aromatic heterocycles. The highest BCUT2D eigenvalue weighted by Gasteiger charge is 2.51. The number of nitriles is 1. The smallest absolute Gasteiger partial charge is 0.240 e. The van der Waals surface area contributed by atoms with E-state index in [1.54, 1.807) is 0 Å². The van der Waals surface area contributed by atoms with Gasteiger partial charge in [-0.25, -0.2) is 0 Å². The van der Waals surface area contributed by atoms with Gasteiger partial charge in [-0.2, -0.15) is 5.26 Å². The fraction of sp³-hybridized carbons (Fsp3) is 0.846. The third kappa shape index (κ3) is 1.93. The minimum atomic E-state index is -0.659. The normalized spacial score (nSPS) is 24.8. The number of amides is 1. The summed E-state index contributed by atoms with van der Waals surface area (Å²) in [5.74, 6) is -0.0327. The van der Waals surface area contributed by atoms with Crippen LogP contribution in [-0.4, -0.2) is 12.5 Å². The zero-order valence-corrected chi connectivity index (χ0v) is 10.0. The minimum absolute atomic E-state index is 0.0327. The van der Waals surface area contributed by atoms with Crippen molar-refractivity contribution in [3.8, 4) is 6.07 Å². The van der Waals surface area contributed by atoms with Gasteiger partial charge in [-0.3, -0.25) is 4.79 Å². The maximum absolute atomic E-state index is 11.8. The summed E-state index contributed by atoms with van der Waals surface area (Å²) in [4.78, 5) is 11.8. The van der Waals surface area contributed by atoms with Gasteiger partial charge in [0.25, 0.3) is 0 Å². The van der Waals surface area contributed by atoms with Crippen molar-refractivity contribution < 1.29 is 4.79 Å². The van der Waals surface area contributed by atoms with Crippen LogP contribution in [0.4, 0.5) is 0 Å². The standard InChI is InChI=1S/C13H20N2O/c1-2-12(5-3-4-6-12)10-15-11(16)13(9-14)7-8-13/h2-8,10H2,1H3,(H,15,16). The number of nitrogens with zero attached hydrogens (tertiary/aromatic N) is 1. The van der Waals surface area contributed by atoms with Crippen molar-refractivity contribution in [1.82, 2.24) is 5.32 Å². The molecule has 0 radical (unpaired) electrons. The topological polar surface area (TPSA) is 52.9 Å². The Bertz CT molecular complexity index is 319. The average molecular weight is 220 g/mol. The Kier molecular flexibility index (Phi) is 2.92. The molecule has 3 nitrogen and oxygen atoms in total. The first-order valence-corrected chi connectivity index (χ1v) is 6.36. The van der Waals surface area contributed by atoms with Crippen molar-refractivity contribution in [2.24, 2.45) is 10.8 Å². The lowest BCUT2D eigenvalue weighted by Crippen LogP contribution is -2.39. The fourth-order valence-electron chi connectivity index (χ4n) is 2.73. The zero-order valence-electron chi connectivity index (χ0n) is 10.0. The Morgan fingerprint density at radius 1 is 1.31 bits per heavy atom. The van der Waals surface area contributed by atoms with E-state index in [4.69, 9.17) is 5.26 Å². The largest absolute Gasteiger partial charge is 0.354 e. The van der Waals surface area contributed by atoms with E-state index < -0.39 is 5.41 Å². The third-order valence-electron chi connectivity index (χ3n) is 4.44. The SMILES string of the molecule is CCC1(CNC(=O)C2(C#N)CC2)CCCC1. The molecule has 0 aromatic carbocycles. The van der Waals surface area contributed by atoms with E-state index in [1.807, 2.05) is 0 Å². The van der Waals surface area contributed by atoms with Crippen molar-refractivity contribution in [3.05, 3.63) is 0 Å². The molecule has 0 unspecified atom stereocenters. The van der Waals surface area contributed by atoms with Gasteiger partial charge in [-0.15, -0.1) is 0 Å². The zero-order chi connectivity index (χ0) is 11.6. The Balaban J connectivity index is 1.87. The van der Waals surface area contributed by atoms with Crippen molar-refractivity contribution in [3.63, 3.8) is 0 Å². The van der Waals surface area contributed by atoms with Gasteiger partial charge < -0.3 is 5.32 Å². The van der Waals surface area contributed by atoms with Gasteiger partial charge in [0, 0.05) is 6.54 Å². The molecule has 3 heteroatoms. The minimum Gasteiger partial charge on any atom is -0.354 e. The molecule has 0 bridgehead atoms. The Morgan fingerprint density at radius 2 is 1.94 bits per heavy atom. The molecule has 0 atom stereocenters. The van der Waals surface area contributed by atoms with Crippen LogP contribution in [0.1, 0.15) is 51.9 Å². The Hall–Kier alpha value is -1.04. The monoisotopic (exact) mass is 220 g/mol. The van der Waals surface area contributed by atoms with Crippen LogP contribution in [0.3, 0.4) is 0 Å². The first-order chi connectivity index (χ1) is 7.66. The van der Waals surface area contributed by atoms with E-state index in [2.05, 4.69) is 18.3 Å². The first-order valence-electron chi connectivity index (χ1n) is 6.36. The van der Waals surface area contributed by atoms with Gasteiger partial charge in [0.15, 0.2) is 0 Å². The number of nitrogens with one attached hydrogen (secondary N) is 1. The van der Waals surface area contributed by atoms with Gasteiger partial charge in [-0.1, -0.05) is 19.8 Å². The van der Waals surface area contributed by atoms with Crippen LogP contribution < -0.4 is 5.32 Å². The number of carbonyl (C=O) groups is 1. The molecule has 88 valence electrons. The van der Waals surface area contributed by atoms with Gasteiger partial charge in [0.1, 0.15) is 5.41 Å². The second kappa shape index (κ2) is 4.08. The number of rotatable bonds is 4. The molecular formula is C13H20N2O. The highest BCUT2D eigenvalue weighted by Crippen LogP contribution is 2.46. The van der Waals surface area contributed by atoms with Crippen LogP contribution >= 0.6 is 0 Å². The molecule has 2 aliphatic rings. The summed E-state index contributed by atoms with van der Waals surface area (Å²) in [5, 5.41) is 11.9. The summed E-state index contributed by atoms with van der Waals surface area (Å²) in [6.45, 7) is 2.97. The van der Waals surface area contributed by atoms with Crippen LogP contribution in [0.2, 0.25) is 0 Å². The third-order valence-corrected chi connectivity index (χ3v) is 4.44. The van der Waals surface area contributed by atoms with Gasteiger partial charge >= 0.3 is 0 Å². The van der Waals surface area contributed by atoms with Gasteiger partial charge in [0.05, 0.1) is 6.07 Å². The van der Waals surface area contributed by atoms with E-state index >= 15 is 0 Å². The molecule has 2 rings (SSSR count). The fourth-order valence-corrected chi connectivity index (χ4v) is 2.73. The number of hydrogen-bond acceptors (Lipinski definition) is 2. The summed E-state index contributed by atoms with van der Waals surface area (Å²) in [7, 11) is 0. The van der Waals surface area contributed by atoms with Crippen molar-refractivity contribution in [2.75, 3.05) is 6.54 Å². The van der Waals surface area contributed by atoms with Crippen molar-refractivity contribution in [1.29, 1.82) is 5.26 Å². The summed E-state index contributed by atoms with van der Waals surface area (Å²) < 4.78 is 0. The summed E-state index contributed by atoms with van der Waals surface area (Å²) in [5.41, 5.74) is -0.339. The second-order valence-electron chi connectivity index (χ2n) is 5.44. The highest BCUT2D eigenvalue weighted by molar-refractivity contribution is 5.88. The molecule has 0 aliphatic heterocycles. The lowest BCUT2D eigenvalue weighted by Gasteiger charge is -2.28. The molecule has 16 heavy (non-hydrogen) atoms.